The number of anilines is 1. The van der Waals surface area contributed by atoms with Crippen molar-refractivity contribution in [3.63, 3.8) is 0 Å². The lowest BCUT2D eigenvalue weighted by molar-refractivity contribution is 0.395. The summed E-state index contributed by atoms with van der Waals surface area (Å²) in [6, 6.07) is 12.4. The highest BCUT2D eigenvalue weighted by Crippen LogP contribution is 2.43. The standard InChI is InChI=1S/C24H25N3OS/c1-14-10-20-17(15(2)13-24(3,4)26(20)5)11-16(14)12-21-22(28)27-19-9-7-6-8-18(19)25-23(27)29-21/h6-12,15H,13H2,1-5H3/b21-12+. The largest absolute Gasteiger partial charge is 0.369 e. The van der Waals surface area contributed by atoms with Gasteiger partial charge in [0.05, 0.1) is 15.6 Å². The molecule has 5 rings (SSSR count). The fourth-order valence-corrected chi connectivity index (χ4v) is 5.62. The summed E-state index contributed by atoms with van der Waals surface area (Å²) >= 11 is 1.47. The molecule has 0 radical (unpaired) electrons. The molecular formula is C24H25N3OS. The predicted molar refractivity (Wildman–Crippen MR) is 122 cm³/mol. The van der Waals surface area contributed by atoms with E-state index in [-0.39, 0.29) is 11.1 Å². The molecule has 1 unspecified atom stereocenters. The Balaban J connectivity index is 1.70. The first-order chi connectivity index (χ1) is 13.8. The SMILES string of the molecule is Cc1cc2c(cc1/C=c1/sc3nc4ccccc4n3c1=O)C(C)CC(C)(C)N2C. The van der Waals surface area contributed by atoms with Crippen LogP contribution in [0.25, 0.3) is 22.1 Å². The molecule has 1 atom stereocenters. The summed E-state index contributed by atoms with van der Waals surface area (Å²) in [5, 5.41) is 0. The Morgan fingerprint density at radius 1 is 1.24 bits per heavy atom. The van der Waals surface area contributed by atoms with Gasteiger partial charge in [-0.15, -0.1) is 0 Å². The Labute approximate surface area is 174 Å². The fourth-order valence-electron chi connectivity index (χ4n) is 4.64. The van der Waals surface area contributed by atoms with Crippen LogP contribution in [0.4, 0.5) is 5.69 Å². The molecule has 4 nitrogen and oxygen atoms in total. The molecule has 2 aromatic heterocycles. The number of para-hydroxylation sites is 2. The molecule has 4 aromatic rings. The smallest absolute Gasteiger partial charge is 0.274 e. The first-order valence-corrected chi connectivity index (χ1v) is 10.9. The van der Waals surface area contributed by atoms with Gasteiger partial charge in [-0.1, -0.05) is 30.4 Å². The molecule has 5 heteroatoms. The van der Waals surface area contributed by atoms with Crippen LogP contribution in [0.15, 0.2) is 41.2 Å². The summed E-state index contributed by atoms with van der Waals surface area (Å²) in [5.41, 5.74) is 6.88. The maximum atomic E-state index is 13.1. The van der Waals surface area contributed by atoms with Crippen molar-refractivity contribution in [3.8, 4) is 0 Å². The number of nitrogens with zero attached hydrogens (tertiary/aromatic N) is 3. The molecule has 0 spiro atoms. The average molecular weight is 404 g/mol. The molecule has 0 N–H and O–H groups in total. The maximum Gasteiger partial charge on any atom is 0.274 e. The topological polar surface area (TPSA) is 37.6 Å². The van der Waals surface area contributed by atoms with Gasteiger partial charge >= 0.3 is 0 Å². The first-order valence-electron chi connectivity index (χ1n) is 10.1. The summed E-state index contributed by atoms with van der Waals surface area (Å²) in [7, 11) is 2.18. The van der Waals surface area contributed by atoms with Crippen LogP contribution in [0.3, 0.4) is 0 Å². The van der Waals surface area contributed by atoms with Gasteiger partial charge in [-0.3, -0.25) is 4.79 Å². The van der Waals surface area contributed by atoms with E-state index in [1.807, 2.05) is 30.3 Å². The van der Waals surface area contributed by atoms with E-state index in [1.165, 1.54) is 28.2 Å². The quantitative estimate of drug-likeness (QED) is 0.470. The third kappa shape index (κ3) is 2.71. The second kappa shape index (κ2) is 6.17. The van der Waals surface area contributed by atoms with Crippen molar-refractivity contribution in [2.24, 2.45) is 0 Å². The first kappa shape index (κ1) is 18.4. The molecule has 1 aliphatic heterocycles. The van der Waals surface area contributed by atoms with Crippen molar-refractivity contribution >= 4 is 39.1 Å². The minimum absolute atomic E-state index is 0.0159. The van der Waals surface area contributed by atoms with Crippen molar-refractivity contribution in [1.29, 1.82) is 0 Å². The van der Waals surface area contributed by atoms with Gasteiger partial charge in [-0.2, -0.15) is 0 Å². The molecule has 29 heavy (non-hydrogen) atoms. The van der Waals surface area contributed by atoms with Gasteiger partial charge in [0, 0.05) is 18.3 Å². The van der Waals surface area contributed by atoms with Gasteiger partial charge in [-0.25, -0.2) is 9.38 Å². The van der Waals surface area contributed by atoms with Crippen molar-refractivity contribution in [2.45, 2.75) is 45.6 Å². The van der Waals surface area contributed by atoms with E-state index in [0.717, 1.165) is 32.5 Å². The van der Waals surface area contributed by atoms with E-state index >= 15 is 0 Å². The molecule has 0 saturated heterocycles. The highest BCUT2D eigenvalue weighted by Gasteiger charge is 2.34. The fraction of sp³-hybridized carbons (Fsp3) is 0.333. The van der Waals surface area contributed by atoms with Crippen molar-refractivity contribution in [2.75, 3.05) is 11.9 Å². The molecule has 2 aromatic carbocycles. The molecule has 0 amide bonds. The van der Waals surface area contributed by atoms with Gasteiger partial charge in [0.25, 0.3) is 5.56 Å². The zero-order chi connectivity index (χ0) is 20.5. The molecule has 0 aliphatic carbocycles. The van der Waals surface area contributed by atoms with Gasteiger partial charge in [0.1, 0.15) is 0 Å². The number of hydrogen-bond acceptors (Lipinski definition) is 4. The van der Waals surface area contributed by atoms with Crippen LogP contribution in [0, 0.1) is 6.92 Å². The van der Waals surface area contributed by atoms with Crippen LogP contribution >= 0.6 is 11.3 Å². The minimum atomic E-state index is 0.0159. The number of fused-ring (bicyclic) bond motifs is 4. The van der Waals surface area contributed by atoms with E-state index in [0.29, 0.717) is 5.92 Å². The summed E-state index contributed by atoms with van der Waals surface area (Å²) < 4.78 is 2.47. The van der Waals surface area contributed by atoms with Crippen LogP contribution in [-0.4, -0.2) is 22.0 Å². The lowest BCUT2D eigenvalue weighted by atomic mass is 9.79. The Morgan fingerprint density at radius 2 is 2.00 bits per heavy atom. The molecule has 1 aliphatic rings. The van der Waals surface area contributed by atoms with Crippen molar-refractivity contribution < 1.29 is 0 Å². The van der Waals surface area contributed by atoms with Gasteiger partial charge in [-0.05, 0) is 80.1 Å². The third-order valence-electron chi connectivity index (χ3n) is 6.45. The van der Waals surface area contributed by atoms with E-state index in [4.69, 9.17) is 0 Å². The molecule has 148 valence electrons. The van der Waals surface area contributed by atoms with Crippen LogP contribution in [0.1, 0.15) is 49.8 Å². The van der Waals surface area contributed by atoms with Crippen molar-refractivity contribution in [3.05, 3.63) is 68.0 Å². The monoisotopic (exact) mass is 403 g/mol. The highest BCUT2D eigenvalue weighted by molar-refractivity contribution is 7.15. The van der Waals surface area contributed by atoms with Crippen LogP contribution in [0.2, 0.25) is 0 Å². The number of thiazole rings is 1. The number of rotatable bonds is 1. The van der Waals surface area contributed by atoms with Crippen LogP contribution in [-0.2, 0) is 0 Å². The summed E-state index contributed by atoms with van der Waals surface area (Å²) in [5.74, 6) is 0.486. The Morgan fingerprint density at radius 3 is 2.79 bits per heavy atom. The van der Waals surface area contributed by atoms with Crippen LogP contribution in [0.5, 0.6) is 0 Å². The normalized spacial score (nSPS) is 19.3. The molecule has 3 heterocycles. The van der Waals surface area contributed by atoms with Crippen LogP contribution < -0.4 is 15.0 Å². The Bertz CT molecular complexity index is 1380. The second-order valence-electron chi connectivity index (χ2n) is 8.88. The van der Waals surface area contributed by atoms with E-state index in [1.54, 1.807) is 4.40 Å². The third-order valence-corrected chi connectivity index (χ3v) is 7.42. The summed E-state index contributed by atoms with van der Waals surface area (Å²) in [6.45, 7) is 9.04. The predicted octanol–water partition coefficient (Wildman–Crippen LogP) is 4.49. The minimum Gasteiger partial charge on any atom is -0.369 e. The van der Waals surface area contributed by atoms with E-state index < -0.39 is 0 Å². The number of aromatic nitrogens is 2. The number of hydrogen-bond donors (Lipinski definition) is 0. The van der Waals surface area contributed by atoms with E-state index in [9.17, 15) is 4.79 Å². The summed E-state index contributed by atoms with van der Waals surface area (Å²) in [6.07, 6.45) is 3.16. The Hall–Kier alpha value is -2.66. The zero-order valence-electron chi connectivity index (χ0n) is 17.5. The second-order valence-corrected chi connectivity index (χ2v) is 9.89. The molecule has 0 saturated carbocycles. The number of aryl methyl sites for hydroxylation is 1. The zero-order valence-corrected chi connectivity index (χ0v) is 18.3. The Kier molecular flexibility index (Phi) is 3.91. The molecule has 0 fully saturated rings. The molecule has 0 bridgehead atoms. The number of benzene rings is 2. The maximum absolute atomic E-state index is 13.1. The molecular weight excluding hydrogens is 378 g/mol. The van der Waals surface area contributed by atoms with Gasteiger partial charge < -0.3 is 4.90 Å². The average Bonchev–Trinajstić information content (AvgIpc) is 3.17. The van der Waals surface area contributed by atoms with Gasteiger partial charge in [0.2, 0.25) is 0 Å². The number of imidazole rings is 1. The lowest BCUT2D eigenvalue weighted by Gasteiger charge is -2.45. The highest BCUT2D eigenvalue weighted by atomic mass is 32.1. The lowest BCUT2D eigenvalue weighted by Crippen LogP contribution is -2.45. The summed E-state index contributed by atoms with van der Waals surface area (Å²) in [4.78, 5) is 20.9. The van der Waals surface area contributed by atoms with E-state index in [2.05, 4.69) is 56.8 Å². The van der Waals surface area contributed by atoms with Crippen molar-refractivity contribution in [1.82, 2.24) is 9.38 Å². The van der Waals surface area contributed by atoms with Gasteiger partial charge in [0.15, 0.2) is 4.96 Å².